The van der Waals surface area contributed by atoms with Crippen molar-refractivity contribution < 1.29 is 14.3 Å². The van der Waals surface area contributed by atoms with Crippen molar-refractivity contribution in [2.24, 2.45) is 0 Å². The Labute approximate surface area is 181 Å². The summed E-state index contributed by atoms with van der Waals surface area (Å²) in [6.07, 6.45) is 1.74. The van der Waals surface area contributed by atoms with E-state index in [2.05, 4.69) is 10.4 Å². The van der Waals surface area contributed by atoms with Crippen LogP contribution in [0.2, 0.25) is 0 Å². The Morgan fingerprint density at radius 2 is 1.71 bits per heavy atom. The predicted molar refractivity (Wildman–Crippen MR) is 118 cm³/mol. The Bertz CT molecular complexity index is 1090. The zero-order valence-electron chi connectivity index (χ0n) is 17.6. The van der Waals surface area contributed by atoms with Gasteiger partial charge >= 0.3 is 6.03 Å². The molecule has 2 aromatic carbocycles. The number of nitrogens with one attached hydrogen (secondary N) is 1. The highest BCUT2D eigenvalue weighted by atomic mass is 16.5. The number of aromatic nitrogens is 2. The van der Waals surface area contributed by atoms with Crippen molar-refractivity contribution in [2.75, 3.05) is 38.6 Å². The highest BCUT2D eigenvalue weighted by Gasteiger charge is 2.25. The van der Waals surface area contributed by atoms with Gasteiger partial charge in [0.05, 0.1) is 12.8 Å². The third-order valence-electron chi connectivity index (χ3n) is 5.34. The SMILES string of the molecule is COc1cccc(C(=O)N2CCN(C(=O)Nc3cccc(-n4nccc4C)c3)CC2)c1. The topological polar surface area (TPSA) is 79.7 Å². The second-order valence-corrected chi connectivity index (χ2v) is 7.38. The van der Waals surface area contributed by atoms with Crippen molar-refractivity contribution in [3.05, 3.63) is 72.1 Å². The second-order valence-electron chi connectivity index (χ2n) is 7.38. The van der Waals surface area contributed by atoms with Crippen LogP contribution in [-0.4, -0.2) is 64.8 Å². The molecule has 3 amide bonds. The van der Waals surface area contributed by atoms with Crippen LogP contribution in [0.1, 0.15) is 16.1 Å². The first-order valence-electron chi connectivity index (χ1n) is 10.2. The van der Waals surface area contributed by atoms with Crippen molar-refractivity contribution in [3.63, 3.8) is 0 Å². The van der Waals surface area contributed by atoms with Crippen LogP contribution in [0.15, 0.2) is 60.8 Å². The Morgan fingerprint density at radius 3 is 2.42 bits per heavy atom. The maximum absolute atomic E-state index is 12.8. The second kappa shape index (κ2) is 8.91. The van der Waals surface area contributed by atoms with Gasteiger partial charge in [0.2, 0.25) is 0 Å². The van der Waals surface area contributed by atoms with E-state index in [-0.39, 0.29) is 11.9 Å². The van der Waals surface area contributed by atoms with Gasteiger partial charge in [0.25, 0.3) is 5.91 Å². The molecule has 1 aliphatic rings. The molecule has 160 valence electrons. The summed E-state index contributed by atoms with van der Waals surface area (Å²) in [5.41, 5.74) is 3.18. The number of ether oxygens (including phenoxy) is 1. The lowest BCUT2D eigenvalue weighted by Crippen LogP contribution is -2.51. The number of benzene rings is 2. The van der Waals surface area contributed by atoms with Crippen LogP contribution in [0.5, 0.6) is 5.75 Å². The maximum atomic E-state index is 12.8. The number of hydrogen-bond donors (Lipinski definition) is 1. The highest BCUT2D eigenvalue weighted by Crippen LogP contribution is 2.18. The number of rotatable bonds is 4. The van der Waals surface area contributed by atoms with E-state index in [1.165, 1.54) is 0 Å². The molecule has 0 spiro atoms. The molecule has 8 heteroatoms. The Balaban J connectivity index is 1.35. The minimum absolute atomic E-state index is 0.0544. The number of urea groups is 1. The first kappa shape index (κ1) is 20.5. The largest absolute Gasteiger partial charge is 0.497 e. The molecule has 31 heavy (non-hydrogen) atoms. The fourth-order valence-electron chi connectivity index (χ4n) is 3.61. The monoisotopic (exact) mass is 419 g/mol. The Kier molecular flexibility index (Phi) is 5.88. The molecule has 8 nitrogen and oxygen atoms in total. The quantitative estimate of drug-likeness (QED) is 0.704. The van der Waals surface area contributed by atoms with Gasteiger partial charge in [-0.3, -0.25) is 4.79 Å². The molecule has 0 radical (unpaired) electrons. The molecule has 1 aromatic heterocycles. The summed E-state index contributed by atoms with van der Waals surface area (Å²) in [6.45, 7) is 3.88. The van der Waals surface area contributed by atoms with Crippen molar-refractivity contribution >= 4 is 17.6 Å². The van der Waals surface area contributed by atoms with Gasteiger partial charge in [-0.05, 0) is 49.4 Å². The summed E-state index contributed by atoms with van der Waals surface area (Å²) in [6, 6.07) is 16.4. The lowest BCUT2D eigenvalue weighted by atomic mass is 10.1. The number of piperazine rings is 1. The molecule has 0 atom stereocenters. The van der Waals surface area contributed by atoms with Gasteiger partial charge in [0.1, 0.15) is 5.75 Å². The van der Waals surface area contributed by atoms with E-state index >= 15 is 0 Å². The Hall–Kier alpha value is -3.81. The molecular weight excluding hydrogens is 394 g/mol. The number of methoxy groups -OCH3 is 1. The third-order valence-corrected chi connectivity index (χ3v) is 5.34. The fourth-order valence-corrected chi connectivity index (χ4v) is 3.61. The van der Waals surface area contributed by atoms with Crippen LogP contribution in [0.3, 0.4) is 0 Å². The molecule has 1 fully saturated rings. The Morgan fingerprint density at radius 1 is 0.968 bits per heavy atom. The van der Waals surface area contributed by atoms with E-state index in [9.17, 15) is 9.59 Å². The summed E-state index contributed by atoms with van der Waals surface area (Å²) in [5, 5.41) is 7.26. The van der Waals surface area contributed by atoms with Crippen LogP contribution in [-0.2, 0) is 0 Å². The minimum Gasteiger partial charge on any atom is -0.497 e. The average Bonchev–Trinajstić information content (AvgIpc) is 3.24. The first-order chi connectivity index (χ1) is 15.0. The number of aryl methyl sites for hydroxylation is 1. The predicted octanol–water partition coefficient (Wildman–Crippen LogP) is 3.18. The molecule has 0 saturated carbocycles. The van der Waals surface area contributed by atoms with Gasteiger partial charge in [-0.15, -0.1) is 0 Å². The van der Waals surface area contributed by atoms with Crippen molar-refractivity contribution in [3.8, 4) is 11.4 Å². The lowest BCUT2D eigenvalue weighted by Gasteiger charge is -2.34. The van der Waals surface area contributed by atoms with E-state index in [0.29, 0.717) is 43.2 Å². The average molecular weight is 419 g/mol. The van der Waals surface area contributed by atoms with Gasteiger partial charge in [0.15, 0.2) is 0 Å². The fraction of sp³-hybridized carbons (Fsp3) is 0.261. The van der Waals surface area contributed by atoms with Crippen LogP contribution in [0.4, 0.5) is 10.5 Å². The minimum atomic E-state index is -0.178. The molecule has 1 N–H and O–H groups in total. The molecule has 3 aromatic rings. The number of carbonyl (C=O) groups excluding carboxylic acids is 2. The molecule has 1 aliphatic heterocycles. The molecule has 0 unspecified atom stereocenters. The summed E-state index contributed by atoms with van der Waals surface area (Å²) < 4.78 is 7.02. The van der Waals surface area contributed by atoms with E-state index in [0.717, 1.165) is 11.4 Å². The normalized spacial score (nSPS) is 13.7. The molecule has 0 bridgehead atoms. The highest BCUT2D eigenvalue weighted by molar-refractivity contribution is 5.95. The number of anilines is 1. The third kappa shape index (κ3) is 4.53. The van der Waals surface area contributed by atoms with E-state index in [1.807, 2.05) is 48.0 Å². The molecular formula is C23H25N5O3. The molecule has 2 heterocycles. The van der Waals surface area contributed by atoms with Gasteiger partial charge in [-0.1, -0.05) is 12.1 Å². The van der Waals surface area contributed by atoms with Crippen LogP contribution >= 0.6 is 0 Å². The van der Waals surface area contributed by atoms with Crippen molar-refractivity contribution in [2.45, 2.75) is 6.92 Å². The van der Waals surface area contributed by atoms with Crippen molar-refractivity contribution in [1.29, 1.82) is 0 Å². The van der Waals surface area contributed by atoms with E-state index < -0.39 is 0 Å². The van der Waals surface area contributed by atoms with Gasteiger partial charge in [-0.2, -0.15) is 5.10 Å². The van der Waals surface area contributed by atoms with Gasteiger partial charge in [-0.25, -0.2) is 9.48 Å². The number of nitrogens with zero attached hydrogens (tertiary/aromatic N) is 4. The van der Waals surface area contributed by atoms with Gasteiger partial charge < -0.3 is 19.9 Å². The summed E-state index contributed by atoms with van der Waals surface area (Å²) in [5.74, 6) is 0.595. The molecule has 4 rings (SSSR count). The summed E-state index contributed by atoms with van der Waals surface area (Å²) in [7, 11) is 1.58. The van der Waals surface area contributed by atoms with Crippen LogP contribution in [0.25, 0.3) is 5.69 Å². The molecule has 0 aliphatic carbocycles. The van der Waals surface area contributed by atoms with Crippen molar-refractivity contribution in [1.82, 2.24) is 19.6 Å². The summed E-state index contributed by atoms with van der Waals surface area (Å²) >= 11 is 0. The molecule has 1 saturated heterocycles. The zero-order valence-corrected chi connectivity index (χ0v) is 17.6. The van der Waals surface area contributed by atoms with Gasteiger partial charge in [0, 0.05) is 49.3 Å². The first-order valence-corrected chi connectivity index (χ1v) is 10.2. The van der Waals surface area contributed by atoms with E-state index in [4.69, 9.17) is 4.74 Å². The standard InChI is InChI=1S/C23H25N5O3/c1-17-9-10-24-28(17)20-7-4-6-19(16-20)25-23(30)27-13-11-26(12-14-27)22(29)18-5-3-8-21(15-18)31-2/h3-10,15-16H,11-14H2,1-2H3,(H,25,30). The number of amides is 3. The lowest BCUT2D eigenvalue weighted by molar-refractivity contribution is 0.0671. The van der Waals surface area contributed by atoms with Crippen LogP contribution in [0, 0.1) is 6.92 Å². The number of carbonyl (C=O) groups is 2. The van der Waals surface area contributed by atoms with E-state index in [1.54, 1.807) is 41.3 Å². The number of hydrogen-bond acceptors (Lipinski definition) is 4. The summed E-state index contributed by atoms with van der Waals surface area (Å²) in [4.78, 5) is 29.0. The zero-order chi connectivity index (χ0) is 21.8. The smallest absolute Gasteiger partial charge is 0.321 e. The van der Waals surface area contributed by atoms with Crippen LogP contribution < -0.4 is 10.1 Å². The maximum Gasteiger partial charge on any atom is 0.321 e.